The summed E-state index contributed by atoms with van der Waals surface area (Å²) in [5.41, 5.74) is 0. The predicted octanol–water partition coefficient (Wildman–Crippen LogP) is 10.2. The summed E-state index contributed by atoms with van der Waals surface area (Å²) in [5, 5.41) is 9.75. The standard InChI is InChI=1S/C44H76O14P2/c1-3-5-7-8-9-10-11-12-13-14-15-20-23-26-30-34-44(47)57-40(38-56-60(51,52)55-36-39(45)35-54-59(48,49)50)37-53-43(46)33-29-25-22-19-17-16-18-21-24-28-32-42-41(58-42)31-27-6-4-2/h10-13,16,18-19,22,24,28,39-42,45H,3-9,14-15,17,20-21,23,25-27,29-38H2,1-2H3,(H,51,52)(H2,48,49,50)/b11-10-,13-12-,18-16-,22-19-,28-24-/t39-,40+,41?,42?/m0/s1. The zero-order valence-corrected chi connectivity index (χ0v) is 38.0. The van der Waals surface area contributed by atoms with E-state index in [1.807, 2.05) is 12.2 Å². The Hall–Kier alpha value is -2.22. The van der Waals surface area contributed by atoms with Gasteiger partial charge in [-0.05, 0) is 70.6 Å². The number of rotatable bonds is 40. The van der Waals surface area contributed by atoms with Crippen LogP contribution >= 0.6 is 15.6 Å². The highest BCUT2D eigenvalue weighted by Gasteiger charge is 2.36. The predicted molar refractivity (Wildman–Crippen MR) is 234 cm³/mol. The van der Waals surface area contributed by atoms with Crippen LogP contribution in [0.15, 0.2) is 60.8 Å². The van der Waals surface area contributed by atoms with E-state index in [-0.39, 0.29) is 12.8 Å². The van der Waals surface area contributed by atoms with Crippen molar-refractivity contribution in [3.63, 3.8) is 0 Å². The molecule has 4 N–H and O–H groups in total. The van der Waals surface area contributed by atoms with Crippen LogP contribution in [0.4, 0.5) is 0 Å². The molecule has 60 heavy (non-hydrogen) atoms. The van der Waals surface area contributed by atoms with Crippen LogP contribution in [0.25, 0.3) is 0 Å². The van der Waals surface area contributed by atoms with Gasteiger partial charge in [-0.25, -0.2) is 9.13 Å². The lowest BCUT2D eigenvalue weighted by Gasteiger charge is -2.20. The third kappa shape index (κ3) is 36.4. The summed E-state index contributed by atoms with van der Waals surface area (Å²) in [6.07, 6.45) is 39.6. The second kappa shape index (κ2) is 36.3. The van der Waals surface area contributed by atoms with E-state index in [0.29, 0.717) is 31.5 Å². The number of phosphoric ester groups is 2. The minimum atomic E-state index is -4.87. The fourth-order valence-corrected chi connectivity index (χ4v) is 6.99. The molecule has 0 aromatic carbocycles. The minimum Gasteiger partial charge on any atom is -0.462 e. The summed E-state index contributed by atoms with van der Waals surface area (Å²) in [7, 11) is -9.70. The summed E-state index contributed by atoms with van der Waals surface area (Å²) in [4.78, 5) is 52.7. The van der Waals surface area contributed by atoms with Crippen molar-refractivity contribution in [3.8, 4) is 0 Å². The van der Waals surface area contributed by atoms with Crippen molar-refractivity contribution in [3.05, 3.63) is 60.8 Å². The Bertz CT molecular complexity index is 1360. The Labute approximate surface area is 359 Å². The highest BCUT2D eigenvalue weighted by Crippen LogP contribution is 2.44. The molecule has 3 unspecified atom stereocenters. The number of aliphatic hydroxyl groups is 1. The molecule has 0 aromatic heterocycles. The molecule has 0 aromatic rings. The van der Waals surface area contributed by atoms with Gasteiger partial charge in [-0.3, -0.25) is 23.2 Å². The van der Waals surface area contributed by atoms with Gasteiger partial charge in [0.2, 0.25) is 0 Å². The smallest absolute Gasteiger partial charge is 0.462 e. The normalized spacial score (nSPS) is 18.0. The third-order valence-electron chi connectivity index (χ3n) is 9.32. The van der Waals surface area contributed by atoms with E-state index >= 15 is 0 Å². The first-order chi connectivity index (χ1) is 28.8. The molecule has 0 spiro atoms. The zero-order valence-electron chi connectivity index (χ0n) is 36.2. The molecule has 1 aliphatic rings. The highest BCUT2D eigenvalue weighted by atomic mass is 31.2. The van der Waals surface area contributed by atoms with E-state index in [1.54, 1.807) is 0 Å². The Morgan fingerprint density at radius 2 is 1.15 bits per heavy atom. The van der Waals surface area contributed by atoms with Crippen LogP contribution in [0, 0.1) is 0 Å². The van der Waals surface area contributed by atoms with Gasteiger partial charge in [-0.1, -0.05) is 132 Å². The van der Waals surface area contributed by atoms with Gasteiger partial charge in [0, 0.05) is 12.8 Å². The molecule has 0 radical (unpaired) electrons. The number of ether oxygens (including phenoxy) is 3. The maximum atomic E-state index is 12.7. The van der Waals surface area contributed by atoms with Crippen molar-refractivity contribution in [2.45, 2.75) is 180 Å². The summed E-state index contributed by atoms with van der Waals surface area (Å²) in [6.45, 7) is 1.62. The number of allylic oxidation sites excluding steroid dienone is 9. The van der Waals surface area contributed by atoms with Gasteiger partial charge in [-0.15, -0.1) is 0 Å². The van der Waals surface area contributed by atoms with Crippen molar-refractivity contribution in [2.24, 2.45) is 0 Å². The lowest BCUT2D eigenvalue weighted by atomic mass is 10.1. The van der Waals surface area contributed by atoms with Crippen LogP contribution in [0.1, 0.15) is 155 Å². The van der Waals surface area contributed by atoms with E-state index in [9.17, 15) is 28.7 Å². The highest BCUT2D eigenvalue weighted by molar-refractivity contribution is 7.47. The number of epoxide rings is 1. The fraction of sp³-hybridized carbons (Fsp3) is 0.727. The summed E-state index contributed by atoms with van der Waals surface area (Å²) >= 11 is 0. The van der Waals surface area contributed by atoms with Gasteiger partial charge in [0.1, 0.15) is 12.7 Å². The number of unbranched alkanes of at least 4 members (excludes halogenated alkanes) is 12. The van der Waals surface area contributed by atoms with Crippen molar-refractivity contribution in [1.82, 2.24) is 0 Å². The van der Waals surface area contributed by atoms with Gasteiger partial charge in [0.25, 0.3) is 0 Å². The van der Waals surface area contributed by atoms with Gasteiger partial charge in [0.05, 0.1) is 32.0 Å². The average molecular weight is 891 g/mol. The number of hydrogen-bond donors (Lipinski definition) is 4. The second-order valence-electron chi connectivity index (χ2n) is 15.0. The van der Waals surface area contributed by atoms with E-state index < -0.39 is 66.2 Å². The second-order valence-corrected chi connectivity index (χ2v) is 17.7. The quantitative estimate of drug-likeness (QED) is 0.0113. The SMILES string of the molecule is CCCCCC/C=C\C=C/CCCCCCCC(=O)O[C@H](COC(=O)CCC/C=C\C/C=C\C/C=C\CC1OC1CCCCC)COP(=O)(O)OC[C@@H](O)COP(=O)(O)O. The Morgan fingerprint density at radius 1 is 0.600 bits per heavy atom. The van der Waals surface area contributed by atoms with Crippen LogP contribution in [0.5, 0.6) is 0 Å². The molecule has 16 heteroatoms. The Kier molecular flexibility index (Phi) is 33.7. The average Bonchev–Trinajstić information content (AvgIpc) is 3.96. The molecule has 5 atom stereocenters. The number of carbonyl (C=O) groups is 2. The molecular weight excluding hydrogens is 814 g/mol. The van der Waals surface area contributed by atoms with Crippen molar-refractivity contribution >= 4 is 27.6 Å². The molecule has 0 bridgehead atoms. The number of hydrogen-bond acceptors (Lipinski definition) is 11. The number of phosphoric acid groups is 2. The zero-order chi connectivity index (χ0) is 44.2. The topological polar surface area (TPSA) is 208 Å². The van der Waals surface area contributed by atoms with Gasteiger partial charge >= 0.3 is 27.6 Å². The van der Waals surface area contributed by atoms with Crippen LogP contribution in [0.3, 0.4) is 0 Å². The maximum absolute atomic E-state index is 12.7. The molecule has 346 valence electrons. The first-order valence-corrected chi connectivity index (χ1v) is 25.1. The van der Waals surface area contributed by atoms with Crippen LogP contribution in [-0.2, 0) is 46.5 Å². The Morgan fingerprint density at radius 3 is 1.83 bits per heavy atom. The van der Waals surface area contributed by atoms with Crippen LogP contribution in [-0.4, -0.2) is 82.6 Å². The van der Waals surface area contributed by atoms with E-state index in [4.69, 9.17) is 28.5 Å². The van der Waals surface area contributed by atoms with E-state index in [0.717, 1.165) is 57.8 Å². The lowest BCUT2D eigenvalue weighted by molar-refractivity contribution is -0.161. The molecule has 1 rings (SSSR count). The van der Waals surface area contributed by atoms with Gasteiger partial charge < -0.3 is 34.0 Å². The minimum absolute atomic E-state index is 0.0974. The molecule has 0 aliphatic carbocycles. The maximum Gasteiger partial charge on any atom is 0.472 e. The Balaban J connectivity index is 2.40. The lowest BCUT2D eigenvalue weighted by Crippen LogP contribution is -2.30. The van der Waals surface area contributed by atoms with E-state index in [2.05, 4.69) is 71.5 Å². The fourth-order valence-electron chi connectivity index (χ4n) is 5.84. The van der Waals surface area contributed by atoms with Crippen molar-refractivity contribution in [2.75, 3.05) is 26.4 Å². The van der Waals surface area contributed by atoms with Crippen molar-refractivity contribution in [1.29, 1.82) is 0 Å². The first-order valence-electron chi connectivity index (χ1n) is 22.1. The van der Waals surface area contributed by atoms with Gasteiger partial charge in [-0.2, -0.15) is 0 Å². The molecule has 1 heterocycles. The first kappa shape index (κ1) is 55.8. The third-order valence-corrected chi connectivity index (χ3v) is 10.8. The van der Waals surface area contributed by atoms with Crippen LogP contribution in [0.2, 0.25) is 0 Å². The molecule has 1 fully saturated rings. The van der Waals surface area contributed by atoms with Crippen molar-refractivity contribution < 1.29 is 66.3 Å². The monoisotopic (exact) mass is 890 g/mol. The summed E-state index contributed by atoms with van der Waals surface area (Å²) in [5.74, 6) is -1.12. The molecule has 1 aliphatic heterocycles. The molecule has 14 nitrogen and oxygen atoms in total. The number of aliphatic hydroxyl groups excluding tert-OH is 1. The number of carbonyl (C=O) groups excluding carboxylic acids is 2. The molecule has 0 amide bonds. The largest absolute Gasteiger partial charge is 0.472 e. The molecule has 0 saturated carbocycles. The number of esters is 2. The summed E-state index contributed by atoms with van der Waals surface area (Å²) in [6, 6.07) is 0. The van der Waals surface area contributed by atoms with Gasteiger partial charge in [0.15, 0.2) is 6.10 Å². The molecule has 1 saturated heterocycles. The summed E-state index contributed by atoms with van der Waals surface area (Å²) < 4.78 is 53.4. The van der Waals surface area contributed by atoms with E-state index in [1.165, 1.54) is 51.4 Å². The van der Waals surface area contributed by atoms with Crippen LogP contribution < -0.4 is 0 Å². The molecular formula is C44H76O14P2.